The van der Waals surface area contributed by atoms with E-state index in [4.69, 9.17) is 4.74 Å². The summed E-state index contributed by atoms with van der Waals surface area (Å²) in [6.07, 6.45) is 26.3. The summed E-state index contributed by atoms with van der Waals surface area (Å²) in [5.74, 6) is -0.415. The third-order valence-corrected chi connectivity index (χ3v) is 8.05. The van der Waals surface area contributed by atoms with Crippen LogP contribution in [-0.4, -0.2) is 27.5 Å². The minimum Gasteiger partial charge on any atom is -0.478 e. The summed E-state index contributed by atoms with van der Waals surface area (Å²) in [5, 5.41) is 9.36. The highest BCUT2D eigenvalue weighted by atomic mass is 32.2. The zero-order chi connectivity index (χ0) is 26.5. The summed E-state index contributed by atoms with van der Waals surface area (Å²) in [6, 6.07) is 6.32. The molecule has 36 heavy (non-hydrogen) atoms. The van der Waals surface area contributed by atoms with Crippen LogP contribution in [0, 0.1) is 0 Å². The van der Waals surface area contributed by atoms with Gasteiger partial charge in [-0.2, -0.15) is 0 Å². The van der Waals surface area contributed by atoms with Crippen molar-refractivity contribution >= 4 is 23.7 Å². The Hall–Kier alpha value is -2.27. The van der Waals surface area contributed by atoms with E-state index in [1.165, 1.54) is 38.2 Å². The maximum atomic E-state index is 13.0. The molecular weight excluding hydrogens is 468 g/mol. The summed E-state index contributed by atoms with van der Waals surface area (Å²) >= 11 is 1.66. The number of allylic oxidation sites excluding steroid dienone is 6. The molecule has 0 saturated carbocycles. The number of aromatic carboxylic acids is 1. The summed E-state index contributed by atoms with van der Waals surface area (Å²) in [7, 11) is 0. The highest BCUT2D eigenvalue weighted by Crippen LogP contribution is 2.36. The Labute approximate surface area is 223 Å². The monoisotopic (exact) mass is 514 g/mol. The van der Waals surface area contributed by atoms with Crippen LogP contribution in [0.3, 0.4) is 0 Å². The molecule has 0 amide bonds. The van der Waals surface area contributed by atoms with Crippen LogP contribution >= 0.6 is 11.8 Å². The number of rotatable bonds is 20. The molecular formula is C31H46O4S. The van der Waals surface area contributed by atoms with Crippen LogP contribution in [0.5, 0.6) is 5.75 Å². The Morgan fingerprint density at radius 1 is 0.833 bits per heavy atom. The smallest absolute Gasteiger partial charge is 0.339 e. The third-order valence-electron chi connectivity index (χ3n) is 6.26. The summed E-state index contributed by atoms with van der Waals surface area (Å²) in [6.45, 7) is 6.15. The van der Waals surface area contributed by atoms with Crippen molar-refractivity contribution < 1.29 is 19.4 Å². The molecule has 0 aliphatic rings. The second kappa shape index (κ2) is 19.9. The van der Waals surface area contributed by atoms with Crippen molar-refractivity contribution in [3.63, 3.8) is 0 Å². The van der Waals surface area contributed by atoms with Crippen LogP contribution in [0.4, 0.5) is 0 Å². The topological polar surface area (TPSA) is 63.6 Å². The molecule has 0 atom stereocenters. The van der Waals surface area contributed by atoms with Gasteiger partial charge < -0.3 is 9.84 Å². The van der Waals surface area contributed by atoms with E-state index < -0.39 is 10.7 Å². The maximum absolute atomic E-state index is 13.0. The minimum atomic E-state index is -1.09. The number of hydrogen-bond donors (Lipinski definition) is 1. The number of thioether (sulfide) groups is 1. The highest BCUT2D eigenvalue weighted by molar-refractivity contribution is 8.01. The van der Waals surface area contributed by atoms with Crippen LogP contribution < -0.4 is 4.74 Å². The molecule has 1 rings (SSSR count). The van der Waals surface area contributed by atoms with Crippen LogP contribution in [-0.2, 0) is 4.79 Å². The van der Waals surface area contributed by atoms with Crippen molar-refractivity contribution in [3.8, 4) is 5.75 Å². The number of para-hydroxylation sites is 1. The lowest BCUT2D eigenvalue weighted by Gasteiger charge is -2.28. The molecule has 0 spiro atoms. The number of hydrogen-bond acceptors (Lipinski definition) is 4. The number of carboxylic acids is 1. The van der Waals surface area contributed by atoms with Crippen molar-refractivity contribution in [1.29, 1.82) is 0 Å². The lowest BCUT2D eigenvalue weighted by molar-refractivity contribution is -0.137. The molecule has 1 aromatic carbocycles. The molecule has 0 saturated heterocycles. The van der Waals surface area contributed by atoms with Crippen molar-refractivity contribution in [1.82, 2.24) is 0 Å². The number of unbranched alkanes of at least 4 members (excludes halogenated alkanes) is 6. The molecule has 0 radical (unpaired) electrons. The normalized spacial score (nSPS) is 12.2. The van der Waals surface area contributed by atoms with E-state index >= 15 is 0 Å². The van der Waals surface area contributed by atoms with E-state index in [1.54, 1.807) is 30.0 Å². The summed E-state index contributed by atoms with van der Waals surface area (Å²) < 4.78 is 4.95. The van der Waals surface area contributed by atoms with Gasteiger partial charge in [-0.15, -0.1) is 11.8 Å². The Kier molecular flexibility index (Phi) is 17.5. The standard InChI is InChI=1S/C31H46O4S/c1-4-7-8-9-10-11-12-13-14-15-16-17-18-19-20-23-26-36-31(5-2,6-3)30(34)35-28-25-22-21-24-27(28)29(32)33/h7-8,10-11,13-14,21-22,24-25H,4-6,9,12,15-20,23,26H2,1-3H3,(H,32,33)/b8-7-,11-10-,14-13-. The van der Waals surface area contributed by atoms with Crippen LogP contribution in [0.2, 0.25) is 0 Å². The zero-order valence-electron chi connectivity index (χ0n) is 22.5. The first-order valence-corrected chi connectivity index (χ1v) is 14.6. The first-order valence-electron chi connectivity index (χ1n) is 13.6. The maximum Gasteiger partial charge on any atom is 0.339 e. The Bertz CT molecular complexity index is 837. The molecule has 0 aromatic heterocycles. The molecule has 1 aromatic rings. The van der Waals surface area contributed by atoms with Crippen LogP contribution in [0.15, 0.2) is 60.7 Å². The van der Waals surface area contributed by atoms with Crippen molar-refractivity contribution in [2.45, 2.75) is 103 Å². The van der Waals surface area contributed by atoms with Gasteiger partial charge in [0.1, 0.15) is 16.1 Å². The van der Waals surface area contributed by atoms with Crippen molar-refractivity contribution in [3.05, 3.63) is 66.3 Å². The van der Waals surface area contributed by atoms with Crippen molar-refractivity contribution in [2.24, 2.45) is 0 Å². The van der Waals surface area contributed by atoms with E-state index in [2.05, 4.69) is 43.4 Å². The molecule has 0 fully saturated rings. The predicted molar refractivity (Wildman–Crippen MR) is 154 cm³/mol. The number of esters is 1. The first kappa shape index (κ1) is 31.8. The van der Waals surface area contributed by atoms with Gasteiger partial charge in [0, 0.05) is 0 Å². The number of carbonyl (C=O) groups excluding carboxylic acids is 1. The van der Waals surface area contributed by atoms with Gasteiger partial charge in [0.15, 0.2) is 0 Å². The molecule has 0 aliphatic heterocycles. The average molecular weight is 515 g/mol. The van der Waals surface area contributed by atoms with Gasteiger partial charge in [0.25, 0.3) is 0 Å². The predicted octanol–water partition coefficient (Wildman–Crippen LogP) is 9.17. The molecule has 5 heteroatoms. The Morgan fingerprint density at radius 2 is 1.42 bits per heavy atom. The van der Waals surface area contributed by atoms with E-state index in [9.17, 15) is 14.7 Å². The Balaban J connectivity index is 2.24. The minimum absolute atomic E-state index is 0.0137. The lowest BCUT2D eigenvalue weighted by Crippen LogP contribution is -2.38. The molecule has 0 bridgehead atoms. The van der Waals surface area contributed by atoms with Gasteiger partial charge in [0.05, 0.1) is 0 Å². The molecule has 200 valence electrons. The van der Waals surface area contributed by atoms with E-state index in [-0.39, 0.29) is 17.3 Å². The van der Waals surface area contributed by atoms with E-state index in [0.29, 0.717) is 12.8 Å². The van der Waals surface area contributed by atoms with Crippen LogP contribution in [0.25, 0.3) is 0 Å². The summed E-state index contributed by atoms with van der Waals surface area (Å²) in [4.78, 5) is 24.5. The van der Waals surface area contributed by atoms with Gasteiger partial charge in [0.2, 0.25) is 0 Å². The molecule has 0 heterocycles. The van der Waals surface area contributed by atoms with E-state index in [0.717, 1.165) is 37.9 Å². The fourth-order valence-corrected chi connectivity index (χ4v) is 5.20. The van der Waals surface area contributed by atoms with Gasteiger partial charge >= 0.3 is 11.9 Å². The summed E-state index contributed by atoms with van der Waals surface area (Å²) in [5.41, 5.74) is 0.0137. The average Bonchev–Trinajstić information content (AvgIpc) is 2.88. The van der Waals surface area contributed by atoms with E-state index in [1.807, 2.05) is 13.8 Å². The number of benzene rings is 1. The van der Waals surface area contributed by atoms with Crippen LogP contribution in [0.1, 0.15) is 108 Å². The first-order chi connectivity index (χ1) is 17.5. The van der Waals surface area contributed by atoms with Gasteiger partial charge in [-0.3, -0.25) is 4.79 Å². The fourth-order valence-electron chi connectivity index (χ4n) is 3.89. The van der Waals surface area contributed by atoms with Crippen molar-refractivity contribution in [2.75, 3.05) is 5.75 Å². The van der Waals surface area contributed by atoms with Gasteiger partial charge in [-0.1, -0.05) is 95.0 Å². The zero-order valence-corrected chi connectivity index (χ0v) is 23.4. The molecule has 4 nitrogen and oxygen atoms in total. The Morgan fingerprint density at radius 3 is 2.06 bits per heavy atom. The molecule has 0 aliphatic carbocycles. The SMILES string of the molecule is CC/C=C\C/C=C\C/C=C\CCCCCCCCSC(CC)(CC)C(=O)Oc1ccccc1C(=O)O. The quantitative estimate of drug-likeness (QED) is 0.0813. The number of carboxylic acid groups (broad SMARTS) is 1. The number of carbonyl (C=O) groups is 2. The number of ether oxygens (including phenoxy) is 1. The fraction of sp³-hybridized carbons (Fsp3) is 0.548. The highest BCUT2D eigenvalue weighted by Gasteiger charge is 2.37. The largest absolute Gasteiger partial charge is 0.478 e. The van der Waals surface area contributed by atoms with Gasteiger partial charge in [-0.25, -0.2) is 4.79 Å². The van der Waals surface area contributed by atoms with Gasteiger partial charge in [-0.05, 0) is 69.3 Å². The lowest BCUT2D eigenvalue weighted by atomic mass is 10.0. The molecule has 1 N–H and O–H groups in total. The molecule has 0 unspecified atom stereocenters. The third kappa shape index (κ3) is 12.6. The second-order valence-electron chi connectivity index (χ2n) is 8.94. The second-order valence-corrected chi connectivity index (χ2v) is 10.4.